The number of para-hydroxylation sites is 1. The molecule has 1 aliphatic carbocycles. The average Bonchev–Trinajstić information content (AvgIpc) is 3.28. The third-order valence-corrected chi connectivity index (χ3v) is 3.12. The molecule has 1 saturated carbocycles. The number of rotatable bonds is 4. The van der Waals surface area contributed by atoms with Gasteiger partial charge in [-0.1, -0.05) is 12.1 Å². The topological polar surface area (TPSA) is 54.0 Å². The van der Waals surface area contributed by atoms with Crippen molar-refractivity contribution in [2.75, 3.05) is 10.6 Å². The monoisotopic (exact) mass is 271 g/mol. The van der Waals surface area contributed by atoms with Crippen molar-refractivity contribution in [1.29, 1.82) is 0 Å². The molecule has 2 aromatic rings. The van der Waals surface area contributed by atoms with Gasteiger partial charge in [-0.05, 0) is 37.1 Å². The van der Waals surface area contributed by atoms with Crippen molar-refractivity contribution in [3.63, 3.8) is 0 Å². The van der Waals surface area contributed by atoms with E-state index in [-0.39, 0.29) is 17.6 Å². The molecule has 0 saturated heterocycles. The molecule has 0 atom stereocenters. The number of anilines is 3. The van der Waals surface area contributed by atoms with Crippen molar-refractivity contribution < 1.29 is 9.18 Å². The summed E-state index contributed by atoms with van der Waals surface area (Å²) in [7, 11) is 0. The van der Waals surface area contributed by atoms with Gasteiger partial charge in [0.05, 0.1) is 17.6 Å². The van der Waals surface area contributed by atoms with E-state index in [2.05, 4.69) is 15.6 Å². The van der Waals surface area contributed by atoms with Gasteiger partial charge in [0.1, 0.15) is 11.6 Å². The SMILES string of the molecule is O=C(Nc1ccc(Nc2ccccc2F)nc1)C1CC1. The highest BCUT2D eigenvalue weighted by Gasteiger charge is 2.29. The number of nitrogens with one attached hydrogen (secondary N) is 2. The summed E-state index contributed by atoms with van der Waals surface area (Å²) in [4.78, 5) is 15.7. The highest BCUT2D eigenvalue weighted by molar-refractivity contribution is 5.93. The van der Waals surface area contributed by atoms with Crippen molar-refractivity contribution in [3.05, 3.63) is 48.4 Å². The Kier molecular flexibility index (Phi) is 3.33. The number of hydrogen-bond donors (Lipinski definition) is 2. The van der Waals surface area contributed by atoms with E-state index in [1.165, 1.54) is 6.07 Å². The molecule has 1 aromatic heterocycles. The van der Waals surface area contributed by atoms with Crippen molar-refractivity contribution in [3.8, 4) is 0 Å². The highest BCUT2D eigenvalue weighted by Crippen LogP contribution is 2.30. The molecule has 102 valence electrons. The van der Waals surface area contributed by atoms with Crippen LogP contribution in [0, 0.1) is 11.7 Å². The number of carbonyl (C=O) groups is 1. The van der Waals surface area contributed by atoms with Crippen LogP contribution in [0.15, 0.2) is 42.6 Å². The van der Waals surface area contributed by atoms with Gasteiger partial charge >= 0.3 is 0 Å². The average molecular weight is 271 g/mol. The van der Waals surface area contributed by atoms with E-state index in [0.717, 1.165) is 12.8 Å². The van der Waals surface area contributed by atoms with Crippen LogP contribution in [0.4, 0.5) is 21.6 Å². The molecule has 1 aromatic carbocycles. The standard InChI is InChI=1S/C15H14FN3O/c16-12-3-1-2-4-13(12)19-14-8-7-11(9-17-14)18-15(20)10-5-6-10/h1-4,7-10H,5-6H2,(H,17,19)(H,18,20). The third kappa shape index (κ3) is 2.93. The van der Waals surface area contributed by atoms with E-state index in [1.807, 2.05) is 0 Å². The smallest absolute Gasteiger partial charge is 0.227 e. The first-order valence-electron chi connectivity index (χ1n) is 6.51. The number of aromatic nitrogens is 1. The van der Waals surface area contributed by atoms with E-state index >= 15 is 0 Å². The van der Waals surface area contributed by atoms with E-state index in [1.54, 1.807) is 36.5 Å². The first-order chi connectivity index (χ1) is 9.72. The van der Waals surface area contributed by atoms with Gasteiger partial charge in [0.25, 0.3) is 0 Å². The van der Waals surface area contributed by atoms with Crippen molar-refractivity contribution in [2.24, 2.45) is 5.92 Å². The molecule has 1 aliphatic rings. The fraction of sp³-hybridized carbons (Fsp3) is 0.200. The van der Waals surface area contributed by atoms with Gasteiger partial charge in [0, 0.05) is 5.92 Å². The Hall–Kier alpha value is -2.43. The van der Waals surface area contributed by atoms with Crippen LogP contribution in [0.2, 0.25) is 0 Å². The molecule has 0 aliphatic heterocycles. The molecular formula is C15H14FN3O. The summed E-state index contributed by atoms with van der Waals surface area (Å²) < 4.78 is 13.5. The van der Waals surface area contributed by atoms with Crippen LogP contribution in [-0.4, -0.2) is 10.9 Å². The molecule has 1 amide bonds. The van der Waals surface area contributed by atoms with E-state index in [9.17, 15) is 9.18 Å². The predicted molar refractivity (Wildman–Crippen MR) is 75.3 cm³/mol. The zero-order valence-corrected chi connectivity index (χ0v) is 10.8. The summed E-state index contributed by atoms with van der Waals surface area (Å²) in [6.45, 7) is 0. The summed E-state index contributed by atoms with van der Waals surface area (Å²) in [6, 6.07) is 9.85. The first-order valence-corrected chi connectivity index (χ1v) is 6.51. The number of carbonyl (C=O) groups excluding carboxylic acids is 1. The highest BCUT2D eigenvalue weighted by atomic mass is 19.1. The van der Waals surface area contributed by atoms with Crippen molar-refractivity contribution in [1.82, 2.24) is 4.98 Å². The summed E-state index contributed by atoms with van der Waals surface area (Å²) in [6.07, 6.45) is 3.49. The fourth-order valence-electron chi connectivity index (χ4n) is 1.83. The molecule has 1 heterocycles. The minimum atomic E-state index is -0.333. The van der Waals surface area contributed by atoms with Crippen LogP contribution in [0.3, 0.4) is 0 Å². The van der Waals surface area contributed by atoms with Gasteiger partial charge in [0.15, 0.2) is 0 Å². The Morgan fingerprint density at radius 3 is 2.65 bits per heavy atom. The number of benzene rings is 1. The molecule has 1 fully saturated rings. The molecule has 20 heavy (non-hydrogen) atoms. The molecule has 2 N–H and O–H groups in total. The van der Waals surface area contributed by atoms with Crippen LogP contribution < -0.4 is 10.6 Å². The Morgan fingerprint density at radius 1 is 1.20 bits per heavy atom. The van der Waals surface area contributed by atoms with Crippen molar-refractivity contribution in [2.45, 2.75) is 12.8 Å². The van der Waals surface area contributed by atoms with Crippen LogP contribution in [-0.2, 0) is 4.79 Å². The summed E-state index contributed by atoms with van der Waals surface area (Å²) in [5.74, 6) is 0.396. The minimum Gasteiger partial charge on any atom is -0.338 e. The predicted octanol–water partition coefficient (Wildman–Crippen LogP) is 3.31. The van der Waals surface area contributed by atoms with Gasteiger partial charge < -0.3 is 10.6 Å². The Labute approximate surface area is 116 Å². The van der Waals surface area contributed by atoms with Gasteiger partial charge in [-0.2, -0.15) is 0 Å². The molecule has 0 spiro atoms. The van der Waals surface area contributed by atoms with Crippen LogP contribution in [0.25, 0.3) is 0 Å². The normalized spacial score (nSPS) is 13.8. The second kappa shape index (κ2) is 5.28. The lowest BCUT2D eigenvalue weighted by atomic mass is 10.3. The lowest BCUT2D eigenvalue weighted by Gasteiger charge is -2.08. The van der Waals surface area contributed by atoms with Crippen LogP contribution in [0.1, 0.15) is 12.8 Å². The number of halogens is 1. The number of pyridine rings is 1. The van der Waals surface area contributed by atoms with Gasteiger partial charge in [-0.25, -0.2) is 9.37 Å². The third-order valence-electron chi connectivity index (χ3n) is 3.12. The molecule has 0 unspecified atom stereocenters. The largest absolute Gasteiger partial charge is 0.338 e. The lowest BCUT2D eigenvalue weighted by molar-refractivity contribution is -0.117. The minimum absolute atomic E-state index is 0.0432. The Balaban J connectivity index is 1.66. The second-order valence-electron chi connectivity index (χ2n) is 4.80. The number of nitrogens with zero attached hydrogens (tertiary/aromatic N) is 1. The van der Waals surface area contributed by atoms with E-state index in [4.69, 9.17) is 0 Å². The molecular weight excluding hydrogens is 257 g/mol. The number of hydrogen-bond acceptors (Lipinski definition) is 3. The summed E-state index contributed by atoms with van der Waals surface area (Å²) >= 11 is 0. The maximum absolute atomic E-state index is 13.5. The molecule has 5 heteroatoms. The van der Waals surface area contributed by atoms with Crippen molar-refractivity contribution >= 4 is 23.1 Å². The maximum Gasteiger partial charge on any atom is 0.227 e. The Bertz CT molecular complexity index is 623. The number of amides is 1. The van der Waals surface area contributed by atoms with Gasteiger partial charge in [-0.15, -0.1) is 0 Å². The Morgan fingerprint density at radius 2 is 2.00 bits per heavy atom. The van der Waals surface area contributed by atoms with Crippen LogP contribution >= 0.6 is 0 Å². The lowest BCUT2D eigenvalue weighted by Crippen LogP contribution is -2.13. The van der Waals surface area contributed by atoms with Gasteiger partial charge in [-0.3, -0.25) is 4.79 Å². The van der Waals surface area contributed by atoms with E-state index in [0.29, 0.717) is 17.2 Å². The molecule has 4 nitrogen and oxygen atoms in total. The van der Waals surface area contributed by atoms with Crippen LogP contribution in [0.5, 0.6) is 0 Å². The zero-order valence-electron chi connectivity index (χ0n) is 10.8. The van der Waals surface area contributed by atoms with E-state index < -0.39 is 0 Å². The first kappa shape index (κ1) is 12.6. The summed E-state index contributed by atoms with van der Waals surface area (Å²) in [5, 5.41) is 5.69. The zero-order chi connectivity index (χ0) is 13.9. The quantitative estimate of drug-likeness (QED) is 0.897. The molecule has 3 rings (SSSR count). The molecule has 0 bridgehead atoms. The maximum atomic E-state index is 13.5. The van der Waals surface area contributed by atoms with Gasteiger partial charge in [0.2, 0.25) is 5.91 Å². The molecule has 0 radical (unpaired) electrons. The second-order valence-corrected chi connectivity index (χ2v) is 4.80. The summed E-state index contributed by atoms with van der Waals surface area (Å²) in [5.41, 5.74) is 1.02. The fourth-order valence-corrected chi connectivity index (χ4v) is 1.83.